The first-order valence-corrected chi connectivity index (χ1v) is 5.70. The van der Waals surface area contributed by atoms with Gasteiger partial charge in [0.25, 0.3) is 6.43 Å². The Hall–Kier alpha value is -1.78. The molecule has 2 rings (SSSR count). The number of carbonyl (C=O) groups excluding carboxylic acids is 2. The molecule has 0 saturated carbocycles. The van der Waals surface area contributed by atoms with Crippen LogP contribution in [0.1, 0.15) is 36.8 Å². The maximum absolute atomic E-state index is 12.4. The van der Waals surface area contributed by atoms with Gasteiger partial charge in [-0.3, -0.25) is 14.9 Å². The van der Waals surface area contributed by atoms with Crippen LogP contribution < -0.4 is 5.32 Å². The summed E-state index contributed by atoms with van der Waals surface area (Å²) in [6, 6.07) is 5.80. The van der Waals surface area contributed by atoms with Crippen molar-refractivity contribution in [3.63, 3.8) is 0 Å². The molecular weight excluding hydrogens is 240 g/mol. The summed E-state index contributed by atoms with van der Waals surface area (Å²) < 4.78 is 24.8. The summed E-state index contributed by atoms with van der Waals surface area (Å²) in [5.41, 5.74) is 0.688. The van der Waals surface area contributed by atoms with Gasteiger partial charge >= 0.3 is 0 Å². The van der Waals surface area contributed by atoms with Crippen LogP contribution in [0.3, 0.4) is 0 Å². The standard InChI is InChI=1S/C13H13F2NO2/c1-7-10(6-11(17)16-13(7)18)8-2-4-9(5-3-8)12(14)15/h2-5,7,10,12H,6H2,1H3,(H,16,17,18). The van der Waals surface area contributed by atoms with Gasteiger partial charge in [-0.05, 0) is 5.56 Å². The van der Waals surface area contributed by atoms with Crippen molar-refractivity contribution in [2.75, 3.05) is 0 Å². The largest absolute Gasteiger partial charge is 0.296 e. The first-order valence-electron chi connectivity index (χ1n) is 5.70. The van der Waals surface area contributed by atoms with Crippen molar-refractivity contribution in [2.24, 2.45) is 5.92 Å². The number of nitrogens with one attached hydrogen (secondary N) is 1. The molecule has 1 N–H and O–H groups in total. The fourth-order valence-corrected chi connectivity index (χ4v) is 2.16. The lowest BCUT2D eigenvalue weighted by atomic mass is 9.81. The number of carbonyl (C=O) groups is 2. The summed E-state index contributed by atoms with van der Waals surface area (Å²) >= 11 is 0. The molecule has 5 heteroatoms. The molecule has 1 aromatic carbocycles. The number of piperidine rings is 1. The molecule has 1 saturated heterocycles. The molecule has 2 unspecified atom stereocenters. The highest BCUT2D eigenvalue weighted by molar-refractivity contribution is 5.99. The Morgan fingerprint density at radius 3 is 2.39 bits per heavy atom. The molecule has 18 heavy (non-hydrogen) atoms. The van der Waals surface area contributed by atoms with Crippen LogP contribution in [0.15, 0.2) is 24.3 Å². The van der Waals surface area contributed by atoms with Gasteiger partial charge in [0.1, 0.15) is 0 Å². The number of alkyl halides is 2. The van der Waals surface area contributed by atoms with Crippen LogP contribution in [0, 0.1) is 5.92 Å². The van der Waals surface area contributed by atoms with Gasteiger partial charge in [-0.2, -0.15) is 0 Å². The second kappa shape index (κ2) is 4.84. The van der Waals surface area contributed by atoms with Gasteiger partial charge in [-0.1, -0.05) is 31.2 Å². The predicted molar refractivity (Wildman–Crippen MR) is 61.1 cm³/mol. The molecule has 1 aliphatic heterocycles. The zero-order valence-corrected chi connectivity index (χ0v) is 9.82. The van der Waals surface area contributed by atoms with Gasteiger partial charge in [0.2, 0.25) is 11.8 Å². The third-order valence-electron chi connectivity index (χ3n) is 3.30. The van der Waals surface area contributed by atoms with Gasteiger partial charge in [0, 0.05) is 23.8 Å². The summed E-state index contributed by atoms with van der Waals surface area (Å²) in [5.74, 6) is -1.20. The maximum atomic E-state index is 12.4. The van der Waals surface area contributed by atoms with E-state index in [1.807, 2.05) is 0 Å². The molecule has 2 atom stereocenters. The number of benzene rings is 1. The van der Waals surface area contributed by atoms with Crippen molar-refractivity contribution in [1.29, 1.82) is 0 Å². The van der Waals surface area contributed by atoms with Crippen molar-refractivity contribution in [3.8, 4) is 0 Å². The lowest BCUT2D eigenvalue weighted by molar-refractivity contribution is -0.136. The van der Waals surface area contributed by atoms with E-state index >= 15 is 0 Å². The Labute approximate surface area is 103 Å². The van der Waals surface area contributed by atoms with Gasteiger partial charge in [0.05, 0.1) is 0 Å². The Balaban J connectivity index is 2.24. The van der Waals surface area contributed by atoms with Crippen molar-refractivity contribution in [2.45, 2.75) is 25.7 Å². The minimum absolute atomic E-state index is 0.0574. The molecule has 0 radical (unpaired) electrons. The fraction of sp³-hybridized carbons (Fsp3) is 0.385. The average Bonchev–Trinajstić information content (AvgIpc) is 2.34. The number of imide groups is 1. The Morgan fingerprint density at radius 2 is 1.83 bits per heavy atom. The highest BCUT2D eigenvalue weighted by atomic mass is 19.3. The minimum Gasteiger partial charge on any atom is -0.296 e. The van der Waals surface area contributed by atoms with Crippen molar-refractivity contribution in [1.82, 2.24) is 5.32 Å². The van der Waals surface area contributed by atoms with E-state index in [0.29, 0.717) is 0 Å². The topological polar surface area (TPSA) is 46.2 Å². The van der Waals surface area contributed by atoms with Crippen LogP contribution >= 0.6 is 0 Å². The number of amides is 2. The second-order valence-corrected chi connectivity index (χ2v) is 4.48. The highest BCUT2D eigenvalue weighted by Crippen LogP contribution is 2.32. The van der Waals surface area contributed by atoms with Gasteiger partial charge in [-0.25, -0.2) is 8.78 Å². The highest BCUT2D eigenvalue weighted by Gasteiger charge is 2.33. The minimum atomic E-state index is -2.51. The summed E-state index contributed by atoms with van der Waals surface area (Å²) in [7, 11) is 0. The molecule has 0 spiro atoms. The average molecular weight is 253 g/mol. The van der Waals surface area contributed by atoms with E-state index in [-0.39, 0.29) is 35.6 Å². The summed E-state index contributed by atoms with van der Waals surface area (Å²) in [6.07, 6.45) is -2.30. The quantitative estimate of drug-likeness (QED) is 0.822. The monoisotopic (exact) mass is 253 g/mol. The molecule has 0 aromatic heterocycles. The number of hydrogen-bond acceptors (Lipinski definition) is 2. The third-order valence-corrected chi connectivity index (χ3v) is 3.30. The van der Waals surface area contributed by atoms with E-state index in [0.717, 1.165) is 5.56 Å². The summed E-state index contributed by atoms with van der Waals surface area (Å²) in [4.78, 5) is 22.8. The summed E-state index contributed by atoms with van der Waals surface area (Å²) in [5, 5.41) is 2.26. The Kier molecular flexibility index (Phi) is 3.41. The van der Waals surface area contributed by atoms with Crippen LogP contribution in [0.5, 0.6) is 0 Å². The summed E-state index contributed by atoms with van der Waals surface area (Å²) in [6.45, 7) is 1.73. The molecule has 1 aliphatic rings. The van der Waals surface area contributed by atoms with Crippen LogP contribution in [0.25, 0.3) is 0 Å². The van der Waals surface area contributed by atoms with Gasteiger partial charge in [0.15, 0.2) is 0 Å². The lowest BCUT2D eigenvalue weighted by Gasteiger charge is -2.27. The van der Waals surface area contributed by atoms with Gasteiger partial charge < -0.3 is 0 Å². The van der Waals surface area contributed by atoms with Crippen LogP contribution in [0.4, 0.5) is 8.78 Å². The molecule has 96 valence electrons. The maximum Gasteiger partial charge on any atom is 0.263 e. The van der Waals surface area contributed by atoms with Crippen LogP contribution in [0.2, 0.25) is 0 Å². The zero-order valence-electron chi connectivity index (χ0n) is 9.82. The SMILES string of the molecule is CC1C(=O)NC(=O)CC1c1ccc(C(F)F)cc1. The van der Waals surface area contributed by atoms with E-state index in [1.165, 1.54) is 12.1 Å². The first-order chi connectivity index (χ1) is 8.49. The van der Waals surface area contributed by atoms with E-state index in [1.54, 1.807) is 19.1 Å². The zero-order chi connectivity index (χ0) is 13.3. The lowest BCUT2D eigenvalue weighted by Crippen LogP contribution is -2.43. The van der Waals surface area contributed by atoms with Crippen molar-refractivity contribution < 1.29 is 18.4 Å². The smallest absolute Gasteiger partial charge is 0.263 e. The first kappa shape index (κ1) is 12.7. The third kappa shape index (κ3) is 2.39. The molecular formula is C13H13F2NO2. The number of hydrogen-bond donors (Lipinski definition) is 1. The number of rotatable bonds is 2. The molecule has 1 aromatic rings. The Morgan fingerprint density at radius 1 is 1.22 bits per heavy atom. The normalized spacial score (nSPS) is 24.2. The predicted octanol–water partition coefficient (Wildman–Crippen LogP) is 2.39. The van der Waals surface area contributed by atoms with E-state index in [4.69, 9.17) is 0 Å². The van der Waals surface area contributed by atoms with E-state index < -0.39 is 6.43 Å². The van der Waals surface area contributed by atoms with Crippen LogP contribution in [-0.4, -0.2) is 11.8 Å². The molecule has 3 nitrogen and oxygen atoms in total. The molecule has 1 fully saturated rings. The second-order valence-electron chi connectivity index (χ2n) is 4.48. The van der Waals surface area contributed by atoms with Crippen molar-refractivity contribution >= 4 is 11.8 Å². The molecule has 2 amide bonds. The number of halogens is 2. The molecule has 1 heterocycles. The van der Waals surface area contributed by atoms with Gasteiger partial charge in [-0.15, -0.1) is 0 Å². The van der Waals surface area contributed by atoms with Crippen LogP contribution in [-0.2, 0) is 9.59 Å². The van der Waals surface area contributed by atoms with E-state index in [2.05, 4.69) is 5.32 Å². The van der Waals surface area contributed by atoms with Crippen molar-refractivity contribution in [3.05, 3.63) is 35.4 Å². The van der Waals surface area contributed by atoms with E-state index in [9.17, 15) is 18.4 Å². The molecule has 0 bridgehead atoms. The fourth-order valence-electron chi connectivity index (χ4n) is 2.16. The molecule has 0 aliphatic carbocycles. The Bertz CT molecular complexity index is 470.